The fourth-order valence-electron chi connectivity index (χ4n) is 1.97. The van der Waals surface area contributed by atoms with E-state index in [1.807, 2.05) is 11.8 Å². The molecule has 0 unspecified atom stereocenters. The Morgan fingerprint density at radius 2 is 2.17 bits per heavy atom. The average Bonchev–Trinajstić information content (AvgIpc) is 2.50. The number of nitrogens with zero attached hydrogens (tertiary/aromatic N) is 3. The van der Waals surface area contributed by atoms with Crippen molar-refractivity contribution in [3.63, 3.8) is 0 Å². The van der Waals surface area contributed by atoms with Crippen LogP contribution in [0.25, 0.3) is 0 Å². The lowest BCUT2D eigenvalue weighted by molar-refractivity contribution is 0.597. The third kappa shape index (κ3) is 2.97. The van der Waals surface area contributed by atoms with Gasteiger partial charge >= 0.3 is 0 Å². The quantitative estimate of drug-likeness (QED) is 0.805. The zero-order valence-electron chi connectivity index (χ0n) is 10.5. The first-order valence-corrected chi connectivity index (χ1v) is 7.82. The van der Waals surface area contributed by atoms with Gasteiger partial charge in [-0.1, -0.05) is 0 Å². The molecule has 0 bridgehead atoms. The second-order valence-electron chi connectivity index (χ2n) is 4.48. The largest absolute Gasteiger partial charge is 0.340 e. The van der Waals surface area contributed by atoms with Crippen LogP contribution in [0, 0.1) is 6.92 Å². The Labute approximate surface area is 107 Å². The van der Waals surface area contributed by atoms with E-state index in [-0.39, 0.29) is 11.5 Å². The van der Waals surface area contributed by atoms with Gasteiger partial charge < -0.3 is 10.6 Å². The molecule has 1 aliphatic rings. The first-order chi connectivity index (χ1) is 8.52. The van der Waals surface area contributed by atoms with E-state index in [1.165, 1.54) is 0 Å². The van der Waals surface area contributed by atoms with E-state index in [2.05, 4.69) is 9.97 Å². The van der Waals surface area contributed by atoms with Crippen molar-refractivity contribution in [2.75, 3.05) is 29.5 Å². The third-order valence-electron chi connectivity index (χ3n) is 3.13. The minimum Gasteiger partial charge on any atom is -0.340 e. The zero-order chi connectivity index (χ0) is 13.2. The zero-order valence-corrected chi connectivity index (χ0v) is 11.3. The van der Waals surface area contributed by atoms with Crippen molar-refractivity contribution in [2.24, 2.45) is 5.73 Å². The van der Waals surface area contributed by atoms with Crippen LogP contribution in [0.4, 0.5) is 5.95 Å². The van der Waals surface area contributed by atoms with Crippen molar-refractivity contribution in [2.45, 2.75) is 19.9 Å². The second kappa shape index (κ2) is 5.19. The standard InChI is InChI=1S/C11H18N4O2S/c1-9-10(7-12)8-13-11(14-9)15-3-2-5-18(16,17)6-4-15/h8H,2-7,12H2,1H3. The molecule has 2 rings (SSSR count). The molecule has 0 radical (unpaired) electrons. The van der Waals surface area contributed by atoms with Gasteiger partial charge in [0.15, 0.2) is 9.84 Å². The van der Waals surface area contributed by atoms with Crippen molar-refractivity contribution >= 4 is 15.8 Å². The molecule has 0 atom stereocenters. The number of hydrogen-bond acceptors (Lipinski definition) is 6. The fourth-order valence-corrected chi connectivity index (χ4v) is 3.24. The van der Waals surface area contributed by atoms with Crippen LogP contribution < -0.4 is 10.6 Å². The van der Waals surface area contributed by atoms with Gasteiger partial charge in [-0.2, -0.15) is 0 Å². The minimum absolute atomic E-state index is 0.175. The predicted molar refractivity (Wildman–Crippen MR) is 70.1 cm³/mol. The van der Waals surface area contributed by atoms with E-state index >= 15 is 0 Å². The summed E-state index contributed by atoms with van der Waals surface area (Å²) < 4.78 is 23.1. The first-order valence-electron chi connectivity index (χ1n) is 6.00. The summed E-state index contributed by atoms with van der Waals surface area (Å²) in [6, 6.07) is 0. The number of aryl methyl sites for hydroxylation is 1. The Kier molecular flexibility index (Phi) is 3.82. The smallest absolute Gasteiger partial charge is 0.225 e. The molecule has 2 N–H and O–H groups in total. The highest BCUT2D eigenvalue weighted by Gasteiger charge is 2.20. The molecular weight excluding hydrogens is 252 g/mol. The molecule has 1 saturated heterocycles. The highest BCUT2D eigenvalue weighted by atomic mass is 32.2. The van der Waals surface area contributed by atoms with Crippen LogP contribution in [0.3, 0.4) is 0 Å². The molecule has 0 aromatic carbocycles. The first kappa shape index (κ1) is 13.2. The fraction of sp³-hybridized carbons (Fsp3) is 0.636. The molecular formula is C11H18N4O2S. The lowest BCUT2D eigenvalue weighted by Gasteiger charge is -2.20. The van der Waals surface area contributed by atoms with Gasteiger partial charge in [-0.15, -0.1) is 0 Å². The van der Waals surface area contributed by atoms with Crippen molar-refractivity contribution < 1.29 is 8.42 Å². The number of sulfone groups is 1. The Morgan fingerprint density at radius 3 is 2.83 bits per heavy atom. The second-order valence-corrected chi connectivity index (χ2v) is 6.78. The Balaban J connectivity index is 2.19. The van der Waals surface area contributed by atoms with Crippen LogP contribution in [0.15, 0.2) is 6.20 Å². The molecule has 0 aliphatic carbocycles. The normalized spacial score (nSPS) is 19.6. The number of rotatable bonds is 2. The van der Waals surface area contributed by atoms with E-state index in [4.69, 9.17) is 5.73 Å². The van der Waals surface area contributed by atoms with Crippen LogP contribution in [0.5, 0.6) is 0 Å². The summed E-state index contributed by atoms with van der Waals surface area (Å²) in [6.45, 7) is 3.45. The van der Waals surface area contributed by atoms with E-state index in [0.29, 0.717) is 32.0 Å². The van der Waals surface area contributed by atoms with Gasteiger partial charge in [0, 0.05) is 37.1 Å². The van der Waals surface area contributed by atoms with Gasteiger partial charge in [0.05, 0.1) is 11.5 Å². The number of anilines is 1. The van der Waals surface area contributed by atoms with Gasteiger partial charge in [0.1, 0.15) is 0 Å². The minimum atomic E-state index is -2.90. The molecule has 1 fully saturated rings. The maximum Gasteiger partial charge on any atom is 0.225 e. The van der Waals surface area contributed by atoms with E-state index in [0.717, 1.165) is 11.3 Å². The number of hydrogen-bond donors (Lipinski definition) is 1. The average molecular weight is 270 g/mol. The monoisotopic (exact) mass is 270 g/mol. The summed E-state index contributed by atoms with van der Waals surface area (Å²) in [5.74, 6) is 1.03. The van der Waals surface area contributed by atoms with Gasteiger partial charge in [0.25, 0.3) is 0 Å². The predicted octanol–water partition coefficient (Wildman–Crippen LogP) is -0.131. The molecule has 1 aliphatic heterocycles. The summed E-state index contributed by atoms with van der Waals surface area (Å²) >= 11 is 0. The molecule has 2 heterocycles. The van der Waals surface area contributed by atoms with Gasteiger partial charge in [-0.3, -0.25) is 0 Å². The van der Waals surface area contributed by atoms with E-state index in [1.54, 1.807) is 6.20 Å². The number of nitrogens with two attached hydrogens (primary N) is 1. The number of aromatic nitrogens is 2. The van der Waals surface area contributed by atoms with Crippen molar-refractivity contribution in [3.8, 4) is 0 Å². The van der Waals surface area contributed by atoms with Gasteiger partial charge in [-0.25, -0.2) is 18.4 Å². The van der Waals surface area contributed by atoms with E-state index in [9.17, 15) is 8.42 Å². The molecule has 1 aromatic heterocycles. The molecule has 6 nitrogen and oxygen atoms in total. The van der Waals surface area contributed by atoms with Crippen LogP contribution in [-0.4, -0.2) is 43.0 Å². The van der Waals surface area contributed by atoms with Crippen LogP contribution in [0.2, 0.25) is 0 Å². The summed E-state index contributed by atoms with van der Waals surface area (Å²) in [4.78, 5) is 10.6. The van der Waals surface area contributed by atoms with Gasteiger partial charge in [0.2, 0.25) is 5.95 Å². The molecule has 0 saturated carbocycles. The Morgan fingerprint density at radius 1 is 1.39 bits per heavy atom. The Hall–Kier alpha value is -1.21. The lowest BCUT2D eigenvalue weighted by Crippen LogP contribution is -2.28. The molecule has 0 amide bonds. The summed E-state index contributed by atoms with van der Waals surface area (Å²) in [7, 11) is -2.90. The summed E-state index contributed by atoms with van der Waals surface area (Å²) in [5.41, 5.74) is 7.34. The van der Waals surface area contributed by atoms with Crippen molar-refractivity contribution in [1.82, 2.24) is 9.97 Å². The topological polar surface area (TPSA) is 89.2 Å². The highest BCUT2D eigenvalue weighted by molar-refractivity contribution is 7.91. The van der Waals surface area contributed by atoms with Crippen LogP contribution in [0.1, 0.15) is 17.7 Å². The lowest BCUT2D eigenvalue weighted by atomic mass is 10.2. The van der Waals surface area contributed by atoms with Crippen molar-refractivity contribution in [3.05, 3.63) is 17.5 Å². The highest BCUT2D eigenvalue weighted by Crippen LogP contribution is 2.14. The maximum atomic E-state index is 11.5. The molecule has 18 heavy (non-hydrogen) atoms. The molecule has 1 aromatic rings. The van der Waals surface area contributed by atoms with Gasteiger partial charge in [-0.05, 0) is 13.3 Å². The summed E-state index contributed by atoms with van der Waals surface area (Å²) in [6.07, 6.45) is 2.35. The maximum absolute atomic E-state index is 11.5. The van der Waals surface area contributed by atoms with E-state index < -0.39 is 9.84 Å². The summed E-state index contributed by atoms with van der Waals surface area (Å²) in [5, 5.41) is 0. The SMILES string of the molecule is Cc1nc(N2CCCS(=O)(=O)CC2)ncc1CN. The van der Waals surface area contributed by atoms with Crippen LogP contribution in [-0.2, 0) is 16.4 Å². The van der Waals surface area contributed by atoms with Crippen LogP contribution >= 0.6 is 0 Å². The molecule has 7 heteroatoms. The molecule has 0 spiro atoms. The van der Waals surface area contributed by atoms with Crippen molar-refractivity contribution in [1.29, 1.82) is 0 Å². The molecule has 100 valence electrons. The third-order valence-corrected chi connectivity index (χ3v) is 4.84. The Bertz CT molecular complexity index is 530.